The summed E-state index contributed by atoms with van der Waals surface area (Å²) in [6.45, 7) is 10.2. The van der Waals surface area contributed by atoms with E-state index >= 15 is 0 Å². The molecule has 0 bridgehead atoms. The third kappa shape index (κ3) is 4.08. The smallest absolute Gasteiger partial charge is 0.0762 e. The van der Waals surface area contributed by atoms with Crippen LogP contribution in [-0.2, 0) is 6.54 Å². The highest BCUT2D eigenvalue weighted by Crippen LogP contribution is 2.35. The predicted molar refractivity (Wildman–Crippen MR) is 84.7 cm³/mol. The number of hydrogen-bond donors (Lipinski definition) is 1. The van der Waals surface area contributed by atoms with E-state index in [1.807, 2.05) is 0 Å². The van der Waals surface area contributed by atoms with Crippen LogP contribution < -0.4 is 5.32 Å². The van der Waals surface area contributed by atoms with Crippen molar-refractivity contribution in [3.8, 4) is 0 Å². The molecule has 1 aromatic heterocycles. The van der Waals surface area contributed by atoms with Gasteiger partial charge in [0.25, 0.3) is 0 Å². The number of hydrogen-bond acceptors (Lipinski definition) is 2. The average Bonchev–Trinajstić information content (AvgIpc) is 2.86. The van der Waals surface area contributed by atoms with Crippen LogP contribution in [0.1, 0.15) is 78.0 Å². The summed E-state index contributed by atoms with van der Waals surface area (Å²) in [4.78, 5) is 0. The fraction of sp³-hybridized carbons (Fsp3) is 0.824. The maximum absolute atomic E-state index is 4.73. The summed E-state index contributed by atoms with van der Waals surface area (Å²) in [7, 11) is 0. The van der Waals surface area contributed by atoms with Crippen molar-refractivity contribution in [2.24, 2.45) is 5.41 Å². The van der Waals surface area contributed by atoms with Gasteiger partial charge in [-0.05, 0) is 43.6 Å². The van der Waals surface area contributed by atoms with Gasteiger partial charge in [0, 0.05) is 18.8 Å². The van der Waals surface area contributed by atoms with Gasteiger partial charge in [0.05, 0.1) is 11.7 Å². The highest BCUT2D eigenvalue weighted by atomic mass is 15.3. The van der Waals surface area contributed by atoms with Crippen LogP contribution in [-0.4, -0.2) is 15.8 Å². The van der Waals surface area contributed by atoms with Crippen molar-refractivity contribution in [2.45, 2.75) is 84.8 Å². The van der Waals surface area contributed by atoms with E-state index < -0.39 is 0 Å². The van der Waals surface area contributed by atoms with E-state index in [4.69, 9.17) is 5.10 Å². The lowest BCUT2D eigenvalue weighted by molar-refractivity contribution is 0.197. The minimum atomic E-state index is 0.505. The minimum absolute atomic E-state index is 0.505. The molecule has 1 aromatic rings. The van der Waals surface area contributed by atoms with Gasteiger partial charge in [0.1, 0.15) is 0 Å². The first-order valence-corrected chi connectivity index (χ1v) is 8.31. The Morgan fingerprint density at radius 1 is 1.40 bits per heavy atom. The Morgan fingerprint density at radius 3 is 2.80 bits per heavy atom. The van der Waals surface area contributed by atoms with Gasteiger partial charge in [-0.2, -0.15) is 5.10 Å². The zero-order valence-corrected chi connectivity index (χ0v) is 13.7. The van der Waals surface area contributed by atoms with Crippen molar-refractivity contribution < 1.29 is 0 Å². The molecule has 3 nitrogen and oxygen atoms in total. The first-order chi connectivity index (χ1) is 9.54. The van der Waals surface area contributed by atoms with Crippen LogP contribution in [0.3, 0.4) is 0 Å². The molecule has 1 heterocycles. The molecule has 0 saturated heterocycles. The summed E-state index contributed by atoms with van der Waals surface area (Å²) in [6, 6.07) is 3.38. The number of aromatic nitrogens is 2. The molecule has 1 aliphatic rings. The molecule has 3 heteroatoms. The van der Waals surface area contributed by atoms with Crippen LogP contribution in [0.4, 0.5) is 0 Å². The molecule has 1 fully saturated rings. The zero-order valence-electron chi connectivity index (χ0n) is 13.7. The minimum Gasteiger partial charge on any atom is -0.308 e. The standard InChI is InChI=1S/C17H31N3/c1-5-16(6-2)20-11-9-15(19-20)13-18-14-8-7-10-17(3,4)12-14/h9,11,14,16,18H,5-8,10,12-13H2,1-4H3. The van der Waals surface area contributed by atoms with Crippen LogP contribution in [0, 0.1) is 5.41 Å². The van der Waals surface area contributed by atoms with Gasteiger partial charge in [0.15, 0.2) is 0 Å². The molecular formula is C17H31N3. The molecule has 114 valence electrons. The van der Waals surface area contributed by atoms with E-state index in [0.29, 0.717) is 17.5 Å². The Balaban J connectivity index is 1.85. The van der Waals surface area contributed by atoms with Crippen LogP contribution in [0.25, 0.3) is 0 Å². The maximum Gasteiger partial charge on any atom is 0.0762 e. The Bertz CT molecular complexity index is 404. The number of nitrogens with one attached hydrogen (secondary N) is 1. The maximum atomic E-state index is 4.73. The van der Waals surface area contributed by atoms with E-state index in [0.717, 1.165) is 19.4 Å². The van der Waals surface area contributed by atoms with Crippen molar-refractivity contribution in [1.82, 2.24) is 15.1 Å². The predicted octanol–water partition coefficient (Wildman–Crippen LogP) is 4.30. The van der Waals surface area contributed by atoms with E-state index in [1.54, 1.807) is 0 Å². The van der Waals surface area contributed by atoms with Crippen molar-refractivity contribution >= 4 is 0 Å². The lowest BCUT2D eigenvalue weighted by atomic mass is 9.75. The summed E-state index contributed by atoms with van der Waals surface area (Å²) < 4.78 is 2.14. The Kier molecular flexibility index (Phi) is 5.25. The molecule has 20 heavy (non-hydrogen) atoms. The van der Waals surface area contributed by atoms with E-state index in [1.165, 1.54) is 31.4 Å². The van der Waals surface area contributed by atoms with Crippen LogP contribution in [0.5, 0.6) is 0 Å². The highest BCUT2D eigenvalue weighted by molar-refractivity contribution is 5.00. The van der Waals surface area contributed by atoms with E-state index in [-0.39, 0.29) is 0 Å². The third-order valence-corrected chi connectivity index (χ3v) is 4.76. The van der Waals surface area contributed by atoms with Crippen LogP contribution >= 0.6 is 0 Å². The van der Waals surface area contributed by atoms with Crippen molar-refractivity contribution in [3.63, 3.8) is 0 Å². The van der Waals surface area contributed by atoms with Crippen LogP contribution in [0.15, 0.2) is 12.3 Å². The lowest BCUT2D eigenvalue weighted by Gasteiger charge is -2.35. The molecule has 2 rings (SSSR count). The van der Waals surface area contributed by atoms with Crippen molar-refractivity contribution in [1.29, 1.82) is 0 Å². The molecule has 1 saturated carbocycles. The summed E-state index contributed by atoms with van der Waals surface area (Å²) in [5.41, 5.74) is 1.69. The van der Waals surface area contributed by atoms with Gasteiger partial charge in [-0.1, -0.05) is 34.1 Å². The molecular weight excluding hydrogens is 246 g/mol. The molecule has 0 amide bonds. The van der Waals surface area contributed by atoms with E-state index in [9.17, 15) is 0 Å². The number of nitrogens with zero attached hydrogens (tertiary/aromatic N) is 2. The summed E-state index contributed by atoms with van der Waals surface area (Å²) >= 11 is 0. The van der Waals surface area contributed by atoms with Crippen molar-refractivity contribution in [3.05, 3.63) is 18.0 Å². The molecule has 1 aliphatic carbocycles. The molecule has 0 aromatic carbocycles. The molecule has 0 radical (unpaired) electrons. The SMILES string of the molecule is CCC(CC)n1ccc(CNC2CCCC(C)(C)C2)n1. The normalized spacial score (nSPS) is 22.4. The quantitative estimate of drug-likeness (QED) is 0.840. The summed E-state index contributed by atoms with van der Waals surface area (Å²) in [5.74, 6) is 0. The van der Waals surface area contributed by atoms with Gasteiger partial charge in [0.2, 0.25) is 0 Å². The molecule has 0 spiro atoms. The average molecular weight is 277 g/mol. The fourth-order valence-electron chi connectivity index (χ4n) is 3.46. The lowest BCUT2D eigenvalue weighted by Crippen LogP contribution is -2.37. The topological polar surface area (TPSA) is 29.9 Å². The second kappa shape index (κ2) is 6.75. The second-order valence-corrected chi connectivity index (χ2v) is 7.10. The monoisotopic (exact) mass is 277 g/mol. The fourth-order valence-corrected chi connectivity index (χ4v) is 3.46. The van der Waals surface area contributed by atoms with Crippen molar-refractivity contribution in [2.75, 3.05) is 0 Å². The molecule has 1 atom stereocenters. The van der Waals surface area contributed by atoms with E-state index in [2.05, 4.69) is 50.0 Å². The largest absolute Gasteiger partial charge is 0.308 e. The number of rotatable bonds is 6. The zero-order chi connectivity index (χ0) is 14.6. The molecule has 1 unspecified atom stereocenters. The Hall–Kier alpha value is -0.830. The second-order valence-electron chi connectivity index (χ2n) is 7.10. The van der Waals surface area contributed by atoms with Gasteiger partial charge < -0.3 is 5.32 Å². The summed E-state index contributed by atoms with van der Waals surface area (Å²) in [5, 5.41) is 8.43. The van der Waals surface area contributed by atoms with Gasteiger partial charge in [-0.3, -0.25) is 4.68 Å². The van der Waals surface area contributed by atoms with Gasteiger partial charge >= 0.3 is 0 Å². The highest BCUT2D eigenvalue weighted by Gasteiger charge is 2.27. The van der Waals surface area contributed by atoms with Gasteiger partial charge in [-0.15, -0.1) is 0 Å². The van der Waals surface area contributed by atoms with Crippen LogP contribution in [0.2, 0.25) is 0 Å². The first kappa shape index (κ1) is 15.6. The first-order valence-electron chi connectivity index (χ1n) is 8.31. The Labute approximate surface area is 124 Å². The third-order valence-electron chi connectivity index (χ3n) is 4.76. The Morgan fingerprint density at radius 2 is 2.15 bits per heavy atom. The summed E-state index contributed by atoms with van der Waals surface area (Å²) in [6.07, 6.45) is 9.78. The molecule has 0 aliphatic heterocycles. The molecule has 1 N–H and O–H groups in total. The van der Waals surface area contributed by atoms with Gasteiger partial charge in [-0.25, -0.2) is 0 Å².